The van der Waals surface area contributed by atoms with Crippen LogP contribution in [-0.2, 0) is 16.1 Å². The van der Waals surface area contributed by atoms with E-state index in [0.717, 1.165) is 10.8 Å². The highest BCUT2D eigenvalue weighted by Crippen LogP contribution is 2.37. The molecule has 0 spiro atoms. The van der Waals surface area contributed by atoms with Gasteiger partial charge in [0.1, 0.15) is 30.0 Å². The molecule has 0 amide bonds. The third-order valence-electron chi connectivity index (χ3n) is 7.46. The molecule has 1 aliphatic rings. The minimum Gasteiger partial charge on any atom is -0.496 e. The third-order valence-corrected chi connectivity index (χ3v) is 8.68. The summed E-state index contributed by atoms with van der Waals surface area (Å²) in [6.45, 7) is 1.70. The molecule has 1 atom stereocenters. The quantitative estimate of drug-likeness (QED) is 0.209. The summed E-state index contributed by atoms with van der Waals surface area (Å²) in [5.74, 6) is -0.0536. The van der Waals surface area contributed by atoms with Crippen LogP contribution < -0.4 is 24.4 Å². The number of methoxy groups -OCH3 is 2. The largest absolute Gasteiger partial charge is 0.496 e. The first-order valence-electron chi connectivity index (χ1n) is 13.6. The van der Waals surface area contributed by atoms with Crippen LogP contribution in [0.2, 0.25) is 5.02 Å². The number of allylic oxidation sites excluding steroid dienone is 1. The van der Waals surface area contributed by atoms with Crippen LogP contribution in [0.25, 0.3) is 16.8 Å². The average Bonchev–Trinajstić information content (AvgIpc) is 3.34. The van der Waals surface area contributed by atoms with Crippen molar-refractivity contribution in [3.63, 3.8) is 0 Å². The Bertz CT molecular complexity index is 2150. The first-order valence-corrected chi connectivity index (χ1v) is 14.8. The Labute approximate surface area is 260 Å². The van der Waals surface area contributed by atoms with Crippen LogP contribution in [0.5, 0.6) is 11.5 Å². The highest BCUT2D eigenvalue weighted by atomic mass is 35.5. The molecule has 1 aromatic heterocycles. The predicted molar refractivity (Wildman–Crippen MR) is 168 cm³/mol. The Morgan fingerprint density at radius 2 is 1.80 bits per heavy atom. The number of thiazole rings is 1. The van der Waals surface area contributed by atoms with E-state index in [1.165, 1.54) is 36.2 Å². The molecule has 0 aliphatic carbocycles. The first kappa shape index (κ1) is 29.3. The van der Waals surface area contributed by atoms with Crippen LogP contribution in [0.4, 0.5) is 4.39 Å². The maximum absolute atomic E-state index is 14.4. The molecule has 0 N–H and O–H groups in total. The molecule has 0 saturated carbocycles. The normalized spacial score (nSPS) is 14.8. The van der Waals surface area contributed by atoms with E-state index in [9.17, 15) is 14.0 Å². The fraction of sp³-hybridized carbons (Fsp3) is 0.147. The molecule has 0 radical (unpaired) electrons. The number of ether oxygens (including phenoxy) is 3. The second-order valence-corrected chi connectivity index (χ2v) is 11.5. The van der Waals surface area contributed by atoms with E-state index in [2.05, 4.69) is 4.99 Å². The lowest BCUT2D eigenvalue weighted by atomic mass is 9.95. The van der Waals surface area contributed by atoms with Gasteiger partial charge < -0.3 is 14.2 Å². The van der Waals surface area contributed by atoms with Crippen molar-refractivity contribution in [2.24, 2.45) is 4.99 Å². The average molecular weight is 629 g/mol. The van der Waals surface area contributed by atoms with E-state index in [0.29, 0.717) is 48.2 Å². The van der Waals surface area contributed by atoms with Crippen molar-refractivity contribution in [1.82, 2.24) is 4.57 Å². The lowest BCUT2D eigenvalue weighted by molar-refractivity contribution is -0.136. The lowest BCUT2D eigenvalue weighted by Crippen LogP contribution is -2.40. The molecule has 10 heteroatoms. The number of fused-ring (bicyclic) bond motifs is 2. The van der Waals surface area contributed by atoms with Crippen molar-refractivity contribution in [1.29, 1.82) is 0 Å². The van der Waals surface area contributed by atoms with E-state index in [1.54, 1.807) is 49.4 Å². The van der Waals surface area contributed by atoms with E-state index in [4.69, 9.17) is 25.8 Å². The molecule has 4 aromatic carbocycles. The monoisotopic (exact) mass is 628 g/mol. The van der Waals surface area contributed by atoms with Crippen molar-refractivity contribution in [3.8, 4) is 11.5 Å². The molecular formula is C34H26ClFN2O5S. The topological polar surface area (TPSA) is 79.1 Å². The van der Waals surface area contributed by atoms with Gasteiger partial charge in [-0.3, -0.25) is 9.36 Å². The standard InChI is InChI=1S/C34H26ClFN2O5S/c1-19-30(33(40)42-3)31(25-16-22(35)13-15-27(25)41-2)38-32(39)29(44-34(38)37-19)17-24-23-10-6-4-8-20(23)12-14-28(24)43-18-21-9-5-7-11-26(21)36/h4-17,31H,18H2,1-3H3/b29-17-/t31-/m1/s1. The summed E-state index contributed by atoms with van der Waals surface area (Å²) in [5, 5.41) is 2.20. The zero-order valence-corrected chi connectivity index (χ0v) is 25.5. The summed E-state index contributed by atoms with van der Waals surface area (Å²) in [4.78, 5) is 32.4. The maximum Gasteiger partial charge on any atom is 0.338 e. The van der Waals surface area contributed by atoms with Crippen molar-refractivity contribution in [2.45, 2.75) is 19.6 Å². The van der Waals surface area contributed by atoms with Crippen LogP contribution in [0.1, 0.15) is 29.7 Å². The van der Waals surface area contributed by atoms with Gasteiger partial charge in [0, 0.05) is 21.7 Å². The Morgan fingerprint density at radius 1 is 1.05 bits per heavy atom. The lowest BCUT2D eigenvalue weighted by Gasteiger charge is -2.25. The van der Waals surface area contributed by atoms with Crippen molar-refractivity contribution in [3.05, 3.63) is 137 Å². The van der Waals surface area contributed by atoms with Gasteiger partial charge in [0.25, 0.3) is 5.56 Å². The fourth-order valence-electron chi connectivity index (χ4n) is 5.36. The molecule has 2 heterocycles. The summed E-state index contributed by atoms with van der Waals surface area (Å²) < 4.78 is 33.1. The van der Waals surface area contributed by atoms with Crippen LogP contribution >= 0.6 is 22.9 Å². The number of rotatable bonds is 7. The first-order chi connectivity index (χ1) is 21.3. The SMILES string of the molecule is COC(=O)C1=C(C)N=c2s/c(=C\c3c(OCc4ccccc4F)ccc4ccccc34)c(=O)n2[C@@H]1c1cc(Cl)ccc1OC. The Morgan fingerprint density at radius 3 is 2.57 bits per heavy atom. The summed E-state index contributed by atoms with van der Waals surface area (Å²) in [6.07, 6.45) is 1.76. The number of carbonyl (C=O) groups excluding carboxylic acids is 1. The molecule has 222 valence electrons. The minimum atomic E-state index is -0.904. The Hall–Kier alpha value is -4.73. The molecule has 44 heavy (non-hydrogen) atoms. The van der Waals surface area contributed by atoms with Crippen molar-refractivity contribution in [2.75, 3.05) is 14.2 Å². The van der Waals surface area contributed by atoms with Crippen LogP contribution in [0.3, 0.4) is 0 Å². The number of nitrogens with zero attached hydrogens (tertiary/aromatic N) is 2. The second-order valence-electron chi connectivity index (χ2n) is 10.0. The van der Waals surface area contributed by atoms with Crippen molar-refractivity contribution < 1.29 is 23.4 Å². The predicted octanol–water partition coefficient (Wildman–Crippen LogP) is 5.94. The number of carbonyl (C=O) groups is 1. The number of benzene rings is 4. The van der Waals surface area contributed by atoms with Gasteiger partial charge in [-0.15, -0.1) is 0 Å². The van der Waals surface area contributed by atoms with Crippen molar-refractivity contribution >= 4 is 45.8 Å². The molecular weight excluding hydrogens is 603 g/mol. The number of esters is 1. The van der Waals surface area contributed by atoms with Crippen LogP contribution in [0, 0.1) is 5.82 Å². The molecule has 7 nitrogen and oxygen atoms in total. The zero-order valence-electron chi connectivity index (χ0n) is 24.0. The van der Waals surface area contributed by atoms with Gasteiger partial charge in [-0.1, -0.05) is 71.5 Å². The van der Waals surface area contributed by atoms with E-state index in [1.807, 2.05) is 36.4 Å². The van der Waals surface area contributed by atoms with Crippen LogP contribution in [0.15, 0.2) is 99.9 Å². The van der Waals surface area contributed by atoms with Gasteiger partial charge in [0.05, 0.1) is 30.0 Å². The highest BCUT2D eigenvalue weighted by molar-refractivity contribution is 7.07. The number of hydrogen-bond donors (Lipinski definition) is 0. The van der Waals surface area contributed by atoms with E-state index in [-0.39, 0.29) is 23.6 Å². The second kappa shape index (κ2) is 12.1. The van der Waals surface area contributed by atoms with Gasteiger partial charge in [0.15, 0.2) is 4.80 Å². The minimum absolute atomic E-state index is 0.00332. The molecule has 0 unspecified atom stereocenters. The van der Waals surface area contributed by atoms with Gasteiger partial charge >= 0.3 is 5.97 Å². The summed E-state index contributed by atoms with van der Waals surface area (Å²) in [5.41, 5.74) is 1.82. The number of aromatic nitrogens is 1. The molecule has 1 aliphatic heterocycles. The van der Waals surface area contributed by atoms with E-state index < -0.39 is 12.0 Å². The number of halogens is 2. The third kappa shape index (κ3) is 5.29. The van der Waals surface area contributed by atoms with Gasteiger partial charge in [0.2, 0.25) is 0 Å². The summed E-state index contributed by atoms with van der Waals surface area (Å²) in [6, 6.07) is 22.0. The smallest absolute Gasteiger partial charge is 0.338 e. The maximum atomic E-state index is 14.4. The van der Waals surface area contributed by atoms with Gasteiger partial charge in [-0.25, -0.2) is 14.2 Å². The fourth-order valence-corrected chi connectivity index (χ4v) is 6.57. The molecule has 0 saturated heterocycles. The molecule has 0 bridgehead atoms. The Balaban J connectivity index is 1.57. The Kier molecular flexibility index (Phi) is 8.07. The zero-order chi connectivity index (χ0) is 31.0. The molecule has 0 fully saturated rings. The van der Waals surface area contributed by atoms with Crippen LogP contribution in [-0.4, -0.2) is 24.8 Å². The number of hydrogen-bond acceptors (Lipinski definition) is 7. The summed E-state index contributed by atoms with van der Waals surface area (Å²) >= 11 is 7.57. The highest BCUT2D eigenvalue weighted by Gasteiger charge is 2.35. The van der Waals surface area contributed by atoms with Gasteiger partial charge in [-0.2, -0.15) is 0 Å². The molecule has 5 aromatic rings. The summed E-state index contributed by atoms with van der Waals surface area (Å²) in [7, 11) is 2.79. The van der Waals surface area contributed by atoms with Gasteiger partial charge in [-0.05, 0) is 54.1 Å². The van der Waals surface area contributed by atoms with E-state index >= 15 is 0 Å². The molecule has 6 rings (SSSR count).